The van der Waals surface area contributed by atoms with Crippen molar-refractivity contribution >= 4 is 5.69 Å². The highest BCUT2D eigenvalue weighted by molar-refractivity contribution is 5.39. The summed E-state index contributed by atoms with van der Waals surface area (Å²) in [6.07, 6.45) is 1.63. The van der Waals surface area contributed by atoms with Crippen molar-refractivity contribution in [3.05, 3.63) is 46.3 Å². The van der Waals surface area contributed by atoms with Crippen LogP contribution in [0.4, 0.5) is 5.69 Å². The second kappa shape index (κ2) is 3.49. The highest BCUT2D eigenvalue weighted by Crippen LogP contribution is 2.13. The van der Waals surface area contributed by atoms with Crippen molar-refractivity contribution in [2.75, 3.05) is 0 Å². The number of benzene rings is 1. The Morgan fingerprint density at radius 1 is 1.33 bits per heavy atom. The van der Waals surface area contributed by atoms with Crippen LogP contribution in [0, 0.1) is 17.0 Å². The molecule has 0 saturated heterocycles. The lowest BCUT2D eigenvalue weighted by molar-refractivity contribution is -0.384. The first-order valence-corrected chi connectivity index (χ1v) is 4.30. The standard InChI is InChI=1S/C9H8N4O2/c1-7-6-10-12(11-7)8-2-4-9(5-3-8)13(14)15/h2-6H,1H3. The second-order valence-corrected chi connectivity index (χ2v) is 3.05. The van der Waals surface area contributed by atoms with Crippen molar-refractivity contribution < 1.29 is 4.92 Å². The van der Waals surface area contributed by atoms with E-state index in [0.717, 1.165) is 5.69 Å². The zero-order valence-electron chi connectivity index (χ0n) is 7.99. The third-order valence-electron chi connectivity index (χ3n) is 1.90. The van der Waals surface area contributed by atoms with E-state index in [0.29, 0.717) is 5.69 Å². The molecule has 2 rings (SSSR count). The van der Waals surface area contributed by atoms with Crippen LogP contribution < -0.4 is 0 Å². The Labute approximate surface area is 85.3 Å². The molecule has 0 atom stereocenters. The molecule has 0 saturated carbocycles. The van der Waals surface area contributed by atoms with E-state index in [1.807, 2.05) is 6.92 Å². The van der Waals surface area contributed by atoms with Gasteiger partial charge in [0.1, 0.15) is 0 Å². The molecular weight excluding hydrogens is 196 g/mol. The molecule has 76 valence electrons. The molecule has 0 N–H and O–H groups in total. The van der Waals surface area contributed by atoms with Gasteiger partial charge in [-0.15, -0.1) is 0 Å². The van der Waals surface area contributed by atoms with E-state index < -0.39 is 4.92 Å². The molecule has 1 aromatic carbocycles. The summed E-state index contributed by atoms with van der Waals surface area (Å²) in [5, 5.41) is 18.5. The normalized spacial score (nSPS) is 10.2. The first-order chi connectivity index (χ1) is 7.16. The smallest absolute Gasteiger partial charge is 0.258 e. The molecule has 1 heterocycles. The monoisotopic (exact) mass is 204 g/mol. The largest absolute Gasteiger partial charge is 0.269 e. The maximum atomic E-state index is 10.4. The maximum absolute atomic E-state index is 10.4. The second-order valence-electron chi connectivity index (χ2n) is 3.05. The van der Waals surface area contributed by atoms with Crippen LogP contribution in [0.1, 0.15) is 5.69 Å². The molecule has 0 aliphatic carbocycles. The Bertz CT molecular complexity index is 489. The zero-order valence-corrected chi connectivity index (χ0v) is 7.99. The summed E-state index contributed by atoms with van der Waals surface area (Å²) in [6.45, 7) is 1.83. The molecule has 0 aliphatic heterocycles. The Kier molecular flexibility index (Phi) is 2.17. The summed E-state index contributed by atoms with van der Waals surface area (Å²) in [5.74, 6) is 0. The SMILES string of the molecule is Cc1cnn(-c2ccc([N+](=O)[O-])cc2)n1. The fourth-order valence-electron chi connectivity index (χ4n) is 1.17. The number of nitro groups is 1. The van der Waals surface area contributed by atoms with E-state index in [1.165, 1.54) is 16.9 Å². The minimum absolute atomic E-state index is 0.0580. The average molecular weight is 204 g/mol. The average Bonchev–Trinajstić information content (AvgIpc) is 2.65. The summed E-state index contributed by atoms with van der Waals surface area (Å²) in [4.78, 5) is 11.4. The van der Waals surface area contributed by atoms with Crippen LogP contribution >= 0.6 is 0 Å². The van der Waals surface area contributed by atoms with Gasteiger partial charge in [-0.05, 0) is 19.1 Å². The van der Waals surface area contributed by atoms with Gasteiger partial charge < -0.3 is 0 Å². The highest BCUT2D eigenvalue weighted by Gasteiger charge is 2.05. The molecule has 6 nitrogen and oxygen atoms in total. The van der Waals surface area contributed by atoms with E-state index in [1.54, 1.807) is 18.3 Å². The third-order valence-corrected chi connectivity index (χ3v) is 1.90. The van der Waals surface area contributed by atoms with Crippen molar-refractivity contribution in [1.29, 1.82) is 0 Å². The van der Waals surface area contributed by atoms with Crippen LogP contribution in [0.15, 0.2) is 30.5 Å². The lowest BCUT2D eigenvalue weighted by Gasteiger charge is -1.97. The van der Waals surface area contributed by atoms with Crippen molar-refractivity contribution in [3.8, 4) is 5.69 Å². The first-order valence-electron chi connectivity index (χ1n) is 4.30. The van der Waals surface area contributed by atoms with Crippen molar-refractivity contribution in [2.24, 2.45) is 0 Å². The first kappa shape index (κ1) is 9.32. The van der Waals surface area contributed by atoms with Crippen LogP contribution in [0.5, 0.6) is 0 Å². The third kappa shape index (κ3) is 1.83. The Morgan fingerprint density at radius 3 is 2.47 bits per heavy atom. The summed E-state index contributed by atoms with van der Waals surface area (Å²) < 4.78 is 0. The van der Waals surface area contributed by atoms with Crippen molar-refractivity contribution in [2.45, 2.75) is 6.92 Å². The lowest BCUT2D eigenvalue weighted by atomic mass is 10.3. The van der Waals surface area contributed by atoms with Crippen LogP contribution in [0.25, 0.3) is 5.69 Å². The fraction of sp³-hybridized carbons (Fsp3) is 0.111. The van der Waals surface area contributed by atoms with E-state index in [4.69, 9.17) is 0 Å². The number of hydrogen-bond donors (Lipinski definition) is 0. The van der Waals surface area contributed by atoms with Gasteiger partial charge >= 0.3 is 0 Å². The van der Waals surface area contributed by atoms with Gasteiger partial charge in [-0.25, -0.2) is 0 Å². The predicted molar refractivity (Wildman–Crippen MR) is 52.8 cm³/mol. The van der Waals surface area contributed by atoms with E-state index in [9.17, 15) is 10.1 Å². The van der Waals surface area contributed by atoms with Crippen molar-refractivity contribution in [3.63, 3.8) is 0 Å². The van der Waals surface area contributed by atoms with Crippen molar-refractivity contribution in [1.82, 2.24) is 15.0 Å². The van der Waals surface area contributed by atoms with E-state index >= 15 is 0 Å². The summed E-state index contributed by atoms with van der Waals surface area (Å²) in [6, 6.07) is 6.07. The van der Waals surface area contributed by atoms with E-state index in [-0.39, 0.29) is 5.69 Å². The number of aromatic nitrogens is 3. The predicted octanol–water partition coefficient (Wildman–Crippen LogP) is 1.48. The minimum Gasteiger partial charge on any atom is -0.258 e. The molecule has 6 heteroatoms. The van der Waals surface area contributed by atoms with Gasteiger partial charge in [0.25, 0.3) is 5.69 Å². The Balaban J connectivity index is 2.35. The number of rotatable bonds is 2. The fourth-order valence-corrected chi connectivity index (χ4v) is 1.17. The molecule has 0 unspecified atom stereocenters. The number of hydrogen-bond acceptors (Lipinski definition) is 4. The molecule has 1 aromatic heterocycles. The number of nitrogens with zero attached hydrogens (tertiary/aromatic N) is 4. The quantitative estimate of drug-likeness (QED) is 0.548. The van der Waals surface area contributed by atoms with Gasteiger partial charge in [0, 0.05) is 12.1 Å². The minimum atomic E-state index is -0.439. The van der Waals surface area contributed by atoms with Gasteiger partial charge in [-0.3, -0.25) is 10.1 Å². The highest BCUT2D eigenvalue weighted by atomic mass is 16.6. The van der Waals surface area contributed by atoms with Gasteiger partial charge in [0.05, 0.1) is 22.5 Å². The Morgan fingerprint density at radius 2 is 2.00 bits per heavy atom. The summed E-state index contributed by atoms with van der Waals surface area (Å²) in [5.41, 5.74) is 1.56. The topological polar surface area (TPSA) is 73.8 Å². The number of non-ortho nitro benzene ring substituents is 1. The van der Waals surface area contributed by atoms with Gasteiger partial charge in [-0.2, -0.15) is 15.0 Å². The molecule has 15 heavy (non-hydrogen) atoms. The van der Waals surface area contributed by atoms with Crippen LogP contribution in [-0.2, 0) is 0 Å². The van der Waals surface area contributed by atoms with Gasteiger partial charge in [0.15, 0.2) is 0 Å². The molecular formula is C9H8N4O2. The number of aryl methyl sites for hydroxylation is 1. The maximum Gasteiger partial charge on any atom is 0.269 e. The van der Waals surface area contributed by atoms with Gasteiger partial charge in [-0.1, -0.05) is 0 Å². The Hall–Kier alpha value is -2.24. The number of nitro benzene ring substituents is 1. The lowest BCUT2D eigenvalue weighted by Crippen LogP contribution is -1.98. The summed E-state index contributed by atoms with van der Waals surface area (Å²) >= 11 is 0. The van der Waals surface area contributed by atoms with Crippen LogP contribution in [0.3, 0.4) is 0 Å². The molecule has 0 spiro atoms. The molecule has 0 fully saturated rings. The van der Waals surface area contributed by atoms with Gasteiger partial charge in [0.2, 0.25) is 0 Å². The molecule has 2 aromatic rings. The zero-order chi connectivity index (χ0) is 10.8. The molecule has 0 aliphatic rings. The van der Waals surface area contributed by atoms with Crippen LogP contribution in [0.2, 0.25) is 0 Å². The van der Waals surface area contributed by atoms with E-state index in [2.05, 4.69) is 10.2 Å². The molecule has 0 amide bonds. The van der Waals surface area contributed by atoms with Crippen LogP contribution in [-0.4, -0.2) is 19.9 Å². The molecule has 0 radical (unpaired) electrons. The molecule has 0 bridgehead atoms. The summed E-state index contributed by atoms with van der Waals surface area (Å²) in [7, 11) is 0.